The Morgan fingerprint density at radius 3 is 2.33 bits per heavy atom. The molecule has 174 valence electrons. The second-order valence-corrected chi connectivity index (χ2v) is 7.54. The maximum Gasteiger partial charge on any atom is 0.275 e. The Labute approximate surface area is 193 Å². The summed E-state index contributed by atoms with van der Waals surface area (Å²) < 4.78 is 22.1. The molecule has 1 aliphatic rings. The summed E-state index contributed by atoms with van der Waals surface area (Å²) in [5.74, 6) is 2.36. The number of methoxy groups -OCH3 is 1. The van der Waals surface area contributed by atoms with Crippen molar-refractivity contribution >= 4 is 11.6 Å². The highest BCUT2D eigenvalue weighted by atomic mass is 16.5. The molecule has 1 aliphatic heterocycles. The van der Waals surface area contributed by atoms with Crippen molar-refractivity contribution in [2.24, 2.45) is 0 Å². The summed E-state index contributed by atoms with van der Waals surface area (Å²) in [5.41, 5.74) is 2.15. The predicted molar refractivity (Wildman–Crippen MR) is 125 cm³/mol. The van der Waals surface area contributed by atoms with Crippen molar-refractivity contribution < 1.29 is 23.4 Å². The highest BCUT2D eigenvalue weighted by Crippen LogP contribution is 2.33. The fourth-order valence-corrected chi connectivity index (χ4v) is 3.81. The van der Waals surface area contributed by atoms with Gasteiger partial charge in [-0.3, -0.25) is 4.79 Å². The van der Waals surface area contributed by atoms with Crippen molar-refractivity contribution in [3.8, 4) is 28.7 Å². The quantitative estimate of drug-likeness (QED) is 0.510. The molecule has 33 heavy (non-hydrogen) atoms. The maximum absolute atomic E-state index is 13.0. The number of piperazine rings is 1. The van der Waals surface area contributed by atoms with Crippen molar-refractivity contribution in [1.82, 2.24) is 9.88 Å². The third kappa shape index (κ3) is 5.05. The topological polar surface area (TPSA) is 77.3 Å². The molecule has 1 aromatic heterocycles. The molecule has 2 aromatic carbocycles. The van der Waals surface area contributed by atoms with E-state index in [1.165, 1.54) is 6.26 Å². The van der Waals surface area contributed by atoms with Gasteiger partial charge in [-0.2, -0.15) is 0 Å². The van der Waals surface area contributed by atoms with Crippen LogP contribution >= 0.6 is 0 Å². The van der Waals surface area contributed by atoms with Gasteiger partial charge in [0, 0.05) is 37.4 Å². The van der Waals surface area contributed by atoms with Gasteiger partial charge in [0.25, 0.3) is 5.91 Å². The van der Waals surface area contributed by atoms with Crippen LogP contribution in [0.1, 0.15) is 24.3 Å². The zero-order chi connectivity index (χ0) is 23.2. The largest absolute Gasteiger partial charge is 0.497 e. The molecule has 0 spiro atoms. The molecule has 0 bridgehead atoms. The number of anilines is 1. The second-order valence-electron chi connectivity index (χ2n) is 7.54. The highest BCUT2D eigenvalue weighted by molar-refractivity contribution is 5.92. The molecule has 0 unspecified atom stereocenters. The van der Waals surface area contributed by atoms with Crippen LogP contribution in [0.4, 0.5) is 5.69 Å². The zero-order valence-electron chi connectivity index (χ0n) is 19.2. The Hall–Kier alpha value is -3.68. The number of hydrogen-bond acceptors (Lipinski definition) is 7. The summed E-state index contributed by atoms with van der Waals surface area (Å²) in [6.45, 7) is 7.63. The van der Waals surface area contributed by atoms with Gasteiger partial charge in [-0.25, -0.2) is 4.98 Å². The molecule has 0 aliphatic carbocycles. The molecule has 0 atom stereocenters. The van der Waals surface area contributed by atoms with Gasteiger partial charge in [0.2, 0.25) is 5.89 Å². The van der Waals surface area contributed by atoms with Gasteiger partial charge in [-0.1, -0.05) is 0 Å². The third-order valence-electron chi connectivity index (χ3n) is 5.52. The van der Waals surface area contributed by atoms with Gasteiger partial charge in [-0.15, -0.1) is 0 Å². The van der Waals surface area contributed by atoms with Gasteiger partial charge in [0.15, 0.2) is 17.2 Å². The number of oxazole rings is 1. The van der Waals surface area contributed by atoms with Crippen molar-refractivity contribution in [3.63, 3.8) is 0 Å². The van der Waals surface area contributed by atoms with Crippen LogP contribution < -0.4 is 19.1 Å². The van der Waals surface area contributed by atoms with E-state index in [2.05, 4.69) is 9.88 Å². The lowest BCUT2D eigenvalue weighted by atomic mass is 10.2. The van der Waals surface area contributed by atoms with E-state index in [1.807, 2.05) is 61.2 Å². The first-order chi connectivity index (χ1) is 16.1. The summed E-state index contributed by atoms with van der Waals surface area (Å²) in [5, 5.41) is 0. The van der Waals surface area contributed by atoms with Crippen LogP contribution in [-0.2, 0) is 0 Å². The molecule has 0 N–H and O–H groups in total. The molecular weight excluding hydrogens is 422 g/mol. The van der Waals surface area contributed by atoms with Crippen LogP contribution in [0.3, 0.4) is 0 Å². The third-order valence-corrected chi connectivity index (χ3v) is 5.52. The summed E-state index contributed by atoms with van der Waals surface area (Å²) in [4.78, 5) is 21.5. The van der Waals surface area contributed by atoms with Gasteiger partial charge in [-0.05, 0) is 56.3 Å². The summed E-state index contributed by atoms with van der Waals surface area (Å²) in [6.07, 6.45) is 1.42. The Bertz CT molecular complexity index is 1070. The molecule has 8 nitrogen and oxygen atoms in total. The van der Waals surface area contributed by atoms with E-state index in [1.54, 1.807) is 7.11 Å². The normalized spacial score (nSPS) is 13.7. The van der Waals surface area contributed by atoms with E-state index in [0.717, 1.165) is 30.1 Å². The molecule has 0 saturated carbocycles. The average Bonchev–Trinajstić information content (AvgIpc) is 3.35. The van der Waals surface area contributed by atoms with Crippen LogP contribution in [0.2, 0.25) is 0 Å². The van der Waals surface area contributed by atoms with E-state index in [0.29, 0.717) is 49.4 Å². The molecule has 0 radical (unpaired) electrons. The lowest BCUT2D eigenvalue weighted by molar-refractivity contribution is 0.0741. The number of rotatable bonds is 8. The Kier molecular flexibility index (Phi) is 7.02. The highest BCUT2D eigenvalue weighted by Gasteiger charge is 2.25. The van der Waals surface area contributed by atoms with E-state index in [-0.39, 0.29) is 5.91 Å². The Balaban J connectivity index is 1.41. The predicted octanol–water partition coefficient (Wildman–Crippen LogP) is 4.11. The zero-order valence-corrected chi connectivity index (χ0v) is 19.2. The number of hydrogen-bond donors (Lipinski definition) is 0. The fraction of sp³-hybridized carbons (Fsp3) is 0.360. The van der Waals surface area contributed by atoms with Crippen LogP contribution in [0.25, 0.3) is 11.5 Å². The minimum Gasteiger partial charge on any atom is -0.497 e. The molecule has 1 saturated heterocycles. The van der Waals surface area contributed by atoms with Gasteiger partial charge in [0.1, 0.15) is 12.0 Å². The van der Waals surface area contributed by atoms with E-state index >= 15 is 0 Å². The summed E-state index contributed by atoms with van der Waals surface area (Å²) >= 11 is 0. The van der Waals surface area contributed by atoms with E-state index < -0.39 is 0 Å². The van der Waals surface area contributed by atoms with Gasteiger partial charge >= 0.3 is 0 Å². The number of aromatic nitrogens is 1. The average molecular weight is 452 g/mol. The second kappa shape index (κ2) is 10.3. The number of ether oxygens (including phenoxy) is 3. The van der Waals surface area contributed by atoms with Crippen LogP contribution in [-0.4, -0.2) is 62.3 Å². The smallest absolute Gasteiger partial charge is 0.275 e. The standard InChI is InChI=1S/C25H29N3O5/c1-4-31-22-11-6-18(16-23(22)32-5-2)24-26-21(17-33-24)25(29)28-14-12-27(13-15-28)19-7-9-20(30-3)10-8-19/h6-11,16-17H,4-5,12-15H2,1-3H3. The summed E-state index contributed by atoms with van der Waals surface area (Å²) in [7, 11) is 1.66. The van der Waals surface area contributed by atoms with Crippen molar-refractivity contribution in [3.05, 3.63) is 54.4 Å². The van der Waals surface area contributed by atoms with Crippen molar-refractivity contribution in [2.75, 3.05) is 51.4 Å². The number of amides is 1. The van der Waals surface area contributed by atoms with Crippen LogP contribution in [0.15, 0.2) is 53.1 Å². The van der Waals surface area contributed by atoms with Gasteiger partial charge < -0.3 is 28.4 Å². The maximum atomic E-state index is 13.0. The van der Waals surface area contributed by atoms with Crippen LogP contribution in [0, 0.1) is 0 Å². The molecular formula is C25H29N3O5. The molecule has 3 aromatic rings. The Morgan fingerprint density at radius 2 is 1.67 bits per heavy atom. The minimum absolute atomic E-state index is 0.129. The number of nitrogens with zero attached hydrogens (tertiary/aromatic N) is 3. The molecule has 1 fully saturated rings. The summed E-state index contributed by atoms with van der Waals surface area (Å²) in [6, 6.07) is 13.5. The Morgan fingerprint density at radius 1 is 0.970 bits per heavy atom. The SMILES string of the molecule is CCOc1ccc(-c2nc(C(=O)N3CCN(c4ccc(OC)cc4)CC3)co2)cc1OCC. The first-order valence-electron chi connectivity index (χ1n) is 11.2. The lowest BCUT2D eigenvalue weighted by Gasteiger charge is -2.35. The first-order valence-corrected chi connectivity index (χ1v) is 11.2. The number of carbonyl (C=O) groups is 1. The minimum atomic E-state index is -0.129. The van der Waals surface area contributed by atoms with E-state index in [4.69, 9.17) is 18.6 Å². The monoisotopic (exact) mass is 451 g/mol. The lowest BCUT2D eigenvalue weighted by Crippen LogP contribution is -2.48. The molecule has 1 amide bonds. The number of carbonyl (C=O) groups excluding carboxylic acids is 1. The van der Waals surface area contributed by atoms with Gasteiger partial charge in [0.05, 0.1) is 20.3 Å². The molecule has 4 rings (SSSR count). The fourth-order valence-electron chi connectivity index (χ4n) is 3.81. The van der Waals surface area contributed by atoms with Crippen LogP contribution in [0.5, 0.6) is 17.2 Å². The molecule has 8 heteroatoms. The van der Waals surface area contributed by atoms with E-state index in [9.17, 15) is 4.79 Å². The molecule has 2 heterocycles. The van der Waals surface area contributed by atoms with Crippen molar-refractivity contribution in [1.29, 1.82) is 0 Å². The first kappa shape index (κ1) is 22.5. The van der Waals surface area contributed by atoms with Crippen molar-refractivity contribution in [2.45, 2.75) is 13.8 Å². The number of benzene rings is 2.